The van der Waals surface area contributed by atoms with E-state index in [4.69, 9.17) is 14.6 Å². The van der Waals surface area contributed by atoms with Crippen LogP contribution in [0.25, 0.3) is 10.8 Å². The first-order valence-corrected chi connectivity index (χ1v) is 14.6. The van der Waals surface area contributed by atoms with Crippen molar-refractivity contribution in [2.75, 3.05) is 59.0 Å². The van der Waals surface area contributed by atoms with Crippen LogP contribution in [0.5, 0.6) is 5.75 Å². The molecule has 2 heterocycles. The fraction of sp³-hybridized carbons (Fsp3) is 0.455. The Labute approximate surface area is 238 Å². The van der Waals surface area contributed by atoms with Crippen molar-refractivity contribution in [2.24, 2.45) is 5.92 Å². The van der Waals surface area contributed by atoms with E-state index in [-0.39, 0.29) is 12.4 Å². The van der Waals surface area contributed by atoms with Gasteiger partial charge in [0.1, 0.15) is 5.75 Å². The largest absolute Gasteiger partial charge is 0.494 e. The SMILES string of the molecule is CC1CCN(CCCOc2ccc(CCN3CCN(C(=O)c4cccc5ccccc45)CC3)cc2)CC1.O=CO. The summed E-state index contributed by atoms with van der Waals surface area (Å²) in [6.45, 7) is 11.0. The van der Waals surface area contributed by atoms with Gasteiger partial charge in [0.05, 0.1) is 6.61 Å². The van der Waals surface area contributed by atoms with Crippen LogP contribution >= 0.6 is 0 Å². The number of hydrogen-bond acceptors (Lipinski definition) is 5. The lowest BCUT2D eigenvalue weighted by Gasteiger charge is -2.35. The number of hydrogen-bond donors (Lipinski definition) is 1. The zero-order valence-electron chi connectivity index (χ0n) is 23.7. The highest BCUT2D eigenvalue weighted by atomic mass is 16.5. The van der Waals surface area contributed by atoms with E-state index in [1.54, 1.807) is 0 Å². The number of rotatable bonds is 9. The van der Waals surface area contributed by atoms with E-state index < -0.39 is 0 Å². The van der Waals surface area contributed by atoms with Gasteiger partial charge < -0.3 is 19.6 Å². The second-order valence-corrected chi connectivity index (χ2v) is 10.9. The van der Waals surface area contributed by atoms with E-state index >= 15 is 0 Å². The van der Waals surface area contributed by atoms with Crippen LogP contribution in [0, 0.1) is 5.92 Å². The number of fused-ring (bicyclic) bond motifs is 1. The fourth-order valence-electron chi connectivity index (χ4n) is 5.56. The zero-order valence-corrected chi connectivity index (χ0v) is 23.7. The molecule has 214 valence electrons. The van der Waals surface area contributed by atoms with Gasteiger partial charge in [0.15, 0.2) is 0 Å². The quantitative estimate of drug-likeness (QED) is 0.300. The molecule has 1 amide bonds. The van der Waals surface area contributed by atoms with E-state index in [2.05, 4.69) is 53.1 Å². The van der Waals surface area contributed by atoms with Crippen molar-refractivity contribution >= 4 is 23.2 Å². The van der Waals surface area contributed by atoms with Crippen molar-refractivity contribution in [1.29, 1.82) is 0 Å². The number of benzene rings is 3. The predicted molar refractivity (Wildman–Crippen MR) is 160 cm³/mol. The molecular weight excluding hydrogens is 502 g/mol. The fourth-order valence-corrected chi connectivity index (χ4v) is 5.56. The van der Waals surface area contributed by atoms with Gasteiger partial charge in [-0.3, -0.25) is 14.5 Å². The monoisotopic (exact) mass is 545 g/mol. The molecule has 5 rings (SSSR count). The third-order valence-electron chi connectivity index (χ3n) is 8.08. The second kappa shape index (κ2) is 15.4. The molecule has 3 aromatic rings. The zero-order chi connectivity index (χ0) is 28.2. The molecule has 0 spiro atoms. The minimum atomic E-state index is -0.250. The molecule has 0 aliphatic carbocycles. The minimum absolute atomic E-state index is 0.151. The highest BCUT2D eigenvalue weighted by Crippen LogP contribution is 2.21. The van der Waals surface area contributed by atoms with E-state index in [1.165, 1.54) is 31.5 Å². The van der Waals surface area contributed by atoms with E-state index in [9.17, 15) is 4.79 Å². The first-order valence-electron chi connectivity index (χ1n) is 14.6. The van der Waals surface area contributed by atoms with Crippen LogP contribution < -0.4 is 4.74 Å². The van der Waals surface area contributed by atoms with Gasteiger partial charge in [-0.1, -0.05) is 55.5 Å². The Balaban J connectivity index is 0.00000118. The normalized spacial score (nSPS) is 16.8. The third-order valence-corrected chi connectivity index (χ3v) is 8.08. The lowest BCUT2D eigenvalue weighted by Crippen LogP contribution is -2.49. The maximum absolute atomic E-state index is 13.2. The van der Waals surface area contributed by atoms with Gasteiger partial charge >= 0.3 is 0 Å². The summed E-state index contributed by atoms with van der Waals surface area (Å²) in [5.41, 5.74) is 2.15. The van der Waals surface area contributed by atoms with Crippen LogP contribution in [0.1, 0.15) is 42.1 Å². The third kappa shape index (κ3) is 8.54. The van der Waals surface area contributed by atoms with Gasteiger partial charge in [-0.05, 0) is 79.2 Å². The molecule has 3 aromatic carbocycles. The van der Waals surface area contributed by atoms with Crippen LogP contribution in [0.2, 0.25) is 0 Å². The molecule has 2 aliphatic heterocycles. The highest BCUT2D eigenvalue weighted by molar-refractivity contribution is 6.07. The number of carboxylic acid groups (broad SMARTS) is 1. The van der Waals surface area contributed by atoms with Crippen LogP contribution in [-0.4, -0.2) is 91.2 Å². The summed E-state index contributed by atoms with van der Waals surface area (Å²) in [6, 6.07) is 22.8. The standard InChI is InChI=1S/C32H41N3O2.CH2O2/c1-26-14-18-33(19-15-26)17-5-25-37-29-12-10-27(11-13-29)16-20-34-21-23-35(24-22-34)32(36)31-9-4-7-28-6-2-3-8-30(28)31;2-1-3/h2-4,6-13,26H,5,14-25H2,1H3;1H,(H,2,3). The molecular formula is C33H43N3O4. The second-order valence-electron chi connectivity index (χ2n) is 10.9. The van der Waals surface area contributed by atoms with Crippen molar-refractivity contribution in [3.8, 4) is 5.75 Å². The number of carbonyl (C=O) groups is 2. The Kier molecular flexibility index (Phi) is 11.4. The van der Waals surface area contributed by atoms with E-state index in [0.29, 0.717) is 0 Å². The Hall–Kier alpha value is -3.42. The molecule has 0 atom stereocenters. The Morgan fingerprint density at radius 1 is 0.875 bits per heavy atom. The number of piperidine rings is 1. The van der Waals surface area contributed by atoms with Crippen molar-refractivity contribution in [1.82, 2.24) is 14.7 Å². The average Bonchev–Trinajstić information content (AvgIpc) is 3.00. The molecule has 2 saturated heterocycles. The van der Waals surface area contributed by atoms with E-state index in [1.807, 2.05) is 35.2 Å². The highest BCUT2D eigenvalue weighted by Gasteiger charge is 2.23. The topological polar surface area (TPSA) is 73.3 Å². The first kappa shape index (κ1) is 29.6. The lowest BCUT2D eigenvalue weighted by molar-refractivity contribution is -0.122. The molecule has 0 saturated carbocycles. The molecule has 0 bridgehead atoms. The van der Waals surface area contributed by atoms with Crippen LogP contribution in [0.15, 0.2) is 66.7 Å². The summed E-state index contributed by atoms with van der Waals surface area (Å²) in [4.78, 5) is 28.6. The van der Waals surface area contributed by atoms with Gasteiger partial charge in [-0.2, -0.15) is 0 Å². The molecule has 1 N–H and O–H groups in total. The van der Waals surface area contributed by atoms with Gasteiger partial charge in [-0.25, -0.2) is 0 Å². The van der Waals surface area contributed by atoms with Crippen LogP contribution in [-0.2, 0) is 11.2 Å². The average molecular weight is 546 g/mol. The van der Waals surface area contributed by atoms with Gasteiger partial charge in [0.2, 0.25) is 0 Å². The van der Waals surface area contributed by atoms with Crippen molar-refractivity contribution in [3.63, 3.8) is 0 Å². The maximum atomic E-state index is 13.2. The molecule has 7 heteroatoms. The summed E-state index contributed by atoms with van der Waals surface area (Å²) in [5.74, 6) is 2.01. The predicted octanol–water partition coefficient (Wildman–Crippen LogP) is 5.04. The summed E-state index contributed by atoms with van der Waals surface area (Å²) >= 11 is 0. The van der Waals surface area contributed by atoms with Crippen molar-refractivity contribution in [3.05, 3.63) is 77.9 Å². The summed E-state index contributed by atoms with van der Waals surface area (Å²) in [7, 11) is 0. The number of likely N-dealkylation sites (tertiary alicyclic amines) is 1. The summed E-state index contributed by atoms with van der Waals surface area (Å²) in [5, 5.41) is 9.05. The lowest BCUT2D eigenvalue weighted by atomic mass is 9.99. The van der Waals surface area contributed by atoms with Crippen LogP contribution in [0.3, 0.4) is 0 Å². The summed E-state index contributed by atoms with van der Waals surface area (Å²) in [6.07, 6.45) is 4.78. The number of amides is 1. The smallest absolute Gasteiger partial charge is 0.290 e. The Morgan fingerprint density at radius 2 is 1.52 bits per heavy atom. The number of carbonyl (C=O) groups excluding carboxylic acids is 1. The van der Waals surface area contributed by atoms with Crippen LogP contribution in [0.4, 0.5) is 0 Å². The van der Waals surface area contributed by atoms with E-state index in [0.717, 1.165) is 86.7 Å². The maximum Gasteiger partial charge on any atom is 0.290 e. The number of piperazine rings is 1. The Bertz CT molecular complexity index is 1190. The number of ether oxygens (including phenoxy) is 1. The minimum Gasteiger partial charge on any atom is -0.494 e. The molecule has 2 fully saturated rings. The van der Waals surface area contributed by atoms with Gasteiger partial charge in [0, 0.05) is 44.8 Å². The van der Waals surface area contributed by atoms with Crippen molar-refractivity contribution < 1.29 is 19.4 Å². The van der Waals surface area contributed by atoms with Gasteiger partial charge in [-0.15, -0.1) is 0 Å². The molecule has 2 aliphatic rings. The molecule has 40 heavy (non-hydrogen) atoms. The molecule has 7 nitrogen and oxygen atoms in total. The Morgan fingerprint density at radius 3 is 2.25 bits per heavy atom. The summed E-state index contributed by atoms with van der Waals surface area (Å²) < 4.78 is 5.99. The molecule has 0 aromatic heterocycles. The molecule has 0 unspecified atom stereocenters. The van der Waals surface area contributed by atoms with Gasteiger partial charge in [0.25, 0.3) is 12.4 Å². The molecule has 0 radical (unpaired) electrons. The number of nitrogens with zero attached hydrogens (tertiary/aromatic N) is 3. The first-order chi connectivity index (χ1) is 19.6. The van der Waals surface area contributed by atoms with Crippen molar-refractivity contribution in [2.45, 2.75) is 32.6 Å².